The summed E-state index contributed by atoms with van der Waals surface area (Å²) in [6, 6.07) is 10.0. The van der Waals surface area contributed by atoms with E-state index in [1.807, 2.05) is 17.0 Å². The third kappa shape index (κ3) is 4.14. The lowest BCUT2D eigenvalue weighted by atomic mass is 10.1. The van der Waals surface area contributed by atoms with Crippen molar-refractivity contribution in [1.29, 1.82) is 0 Å². The van der Waals surface area contributed by atoms with Crippen LogP contribution >= 0.6 is 11.8 Å². The maximum Gasteiger partial charge on any atom is 0.352 e. The van der Waals surface area contributed by atoms with Gasteiger partial charge >= 0.3 is 5.97 Å². The molecule has 1 aromatic heterocycles. The minimum Gasteiger partial charge on any atom is -0.477 e. The van der Waals surface area contributed by atoms with Crippen LogP contribution in [-0.2, 0) is 13.0 Å². The first-order valence-electron chi connectivity index (χ1n) is 7.05. The molecular formula is C17H21NO2S. The summed E-state index contributed by atoms with van der Waals surface area (Å²) in [6.07, 6.45) is 4.91. The number of carboxylic acid groups (broad SMARTS) is 1. The van der Waals surface area contributed by atoms with E-state index in [1.54, 1.807) is 17.8 Å². The Kier molecular flexibility index (Phi) is 5.12. The van der Waals surface area contributed by atoms with Gasteiger partial charge in [-0.05, 0) is 47.9 Å². The van der Waals surface area contributed by atoms with Gasteiger partial charge in [-0.15, -0.1) is 11.8 Å². The molecule has 0 aliphatic rings. The van der Waals surface area contributed by atoms with E-state index >= 15 is 0 Å². The third-order valence-electron chi connectivity index (χ3n) is 3.33. The average molecular weight is 303 g/mol. The van der Waals surface area contributed by atoms with Crippen molar-refractivity contribution in [3.63, 3.8) is 0 Å². The van der Waals surface area contributed by atoms with E-state index in [9.17, 15) is 9.90 Å². The largest absolute Gasteiger partial charge is 0.477 e. The number of hydrogen-bond donors (Lipinski definition) is 1. The molecule has 0 saturated carbocycles. The molecule has 0 aliphatic carbocycles. The van der Waals surface area contributed by atoms with Crippen molar-refractivity contribution < 1.29 is 9.90 Å². The lowest BCUT2D eigenvalue weighted by Crippen LogP contribution is -2.08. The van der Waals surface area contributed by atoms with Gasteiger partial charge in [-0.3, -0.25) is 0 Å². The van der Waals surface area contributed by atoms with Crippen LogP contribution < -0.4 is 0 Å². The molecule has 1 N–H and O–H groups in total. The Bertz CT molecular complexity index is 614. The van der Waals surface area contributed by atoms with Crippen molar-refractivity contribution in [2.24, 2.45) is 5.92 Å². The summed E-state index contributed by atoms with van der Waals surface area (Å²) < 4.78 is 1.83. The van der Waals surface area contributed by atoms with E-state index in [2.05, 4.69) is 38.1 Å². The first-order chi connectivity index (χ1) is 9.99. The number of nitrogens with zero attached hydrogens (tertiary/aromatic N) is 1. The van der Waals surface area contributed by atoms with Gasteiger partial charge in [0.05, 0.1) is 0 Å². The van der Waals surface area contributed by atoms with Crippen LogP contribution in [0.1, 0.15) is 35.5 Å². The molecule has 3 nitrogen and oxygen atoms in total. The summed E-state index contributed by atoms with van der Waals surface area (Å²) in [6.45, 7) is 4.87. The van der Waals surface area contributed by atoms with Gasteiger partial charge in [0.15, 0.2) is 0 Å². The molecule has 0 atom stereocenters. The molecule has 0 amide bonds. The van der Waals surface area contributed by atoms with Gasteiger partial charge in [0.2, 0.25) is 0 Å². The Labute approximate surface area is 130 Å². The molecule has 1 heterocycles. The molecular weight excluding hydrogens is 282 g/mol. The first kappa shape index (κ1) is 15.7. The summed E-state index contributed by atoms with van der Waals surface area (Å²) in [5, 5.41) is 9.35. The number of rotatable bonds is 6. The van der Waals surface area contributed by atoms with Crippen molar-refractivity contribution >= 4 is 17.7 Å². The number of carboxylic acids is 1. The van der Waals surface area contributed by atoms with Gasteiger partial charge in [-0.1, -0.05) is 26.0 Å². The van der Waals surface area contributed by atoms with E-state index in [0.29, 0.717) is 18.2 Å². The van der Waals surface area contributed by atoms with Crippen molar-refractivity contribution in [3.05, 3.63) is 53.3 Å². The van der Waals surface area contributed by atoms with E-state index < -0.39 is 5.97 Å². The Morgan fingerprint density at radius 2 is 1.90 bits per heavy atom. The maximum atomic E-state index is 11.4. The average Bonchev–Trinajstić information content (AvgIpc) is 2.81. The van der Waals surface area contributed by atoms with Crippen LogP contribution in [0.15, 0.2) is 41.4 Å². The Morgan fingerprint density at radius 1 is 1.24 bits per heavy atom. The molecule has 0 aliphatic heterocycles. The number of hydrogen-bond acceptors (Lipinski definition) is 2. The fourth-order valence-corrected chi connectivity index (χ4v) is 2.80. The third-order valence-corrected chi connectivity index (χ3v) is 4.07. The van der Waals surface area contributed by atoms with E-state index in [4.69, 9.17) is 0 Å². The van der Waals surface area contributed by atoms with Crippen LogP contribution in [0, 0.1) is 5.92 Å². The van der Waals surface area contributed by atoms with Crippen molar-refractivity contribution in [2.75, 3.05) is 6.26 Å². The van der Waals surface area contributed by atoms with Crippen LogP contribution in [0.5, 0.6) is 0 Å². The molecule has 0 radical (unpaired) electrons. The standard InChI is InChI=1S/C17H21NO2S/c1-12(2)8-14-9-16(17(19)20)18(11-14)10-13-4-6-15(21-3)7-5-13/h4-7,9,11-12H,8,10H2,1-3H3,(H,19,20). The van der Waals surface area contributed by atoms with Crippen LogP contribution in [0.4, 0.5) is 0 Å². The van der Waals surface area contributed by atoms with Gasteiger partial charge in [-0.2, -0.15) is 0 Å². The molecule has 112 valence electrons. The van der Waals surface area contributed by atoms with Gasteiger partial charge in [0.25, 0.3) is 0 Å². The van der Waals surface area contributed by atoms with Crippen molar-refractivity contribution in [1.82, 2.24) is 4.57 Å². The summed E-state index contributed by atoms with van der Waals surface area (Å²) in [5.74, 6) is -0.353. The van der Waals surface area contributed by atoms with Crippen LogP contribution in [0.25, 0.3) is 0 Å². The van der Waals surface area contributed by atoms with Gasteiger partial charge in [0.1, 0.15) is 5.69 Å². The number of aromatic nitrogens is 1. The zero-order valence-electron chi connectivity index (χ0n) is 12.7. The second kappa shape index (κ2) is 6.85. The highest BCUT2D eigenvalue weighted by molar-refractivity contribution is 7.98. The highest BCUT2D eigenvalue weighted by Gasteiger charge is 2.13. The molecule has 21 heavy (non-hydrogen) atoms. The van der Waals surface area contributed by atoms with Crippen LogP contribution in [0.2, 0.25) is 0 Å². The van der Waals surface area contributed by atoms with E-state index in [0.717, 1.165) is 17.5 Å². The molecule has 4 heteroatoms. The second-order valence-electron chi connectivity index (χ2n) is 5.61. The Balaban J connectivity index is 2.24. The minimum atomic E-state index is -0.870. The predicted octanol–water partition coefficient (Wildman–Crippen LogP) is 4.16. The highest BCUT2D eigenvalue weighted by atomic mass is 32.2. The minimum absolute atomic E-state index is 0.361. The van der Waals surface area contributed by atoms with E-state index in [1.165, 1.54) is 4.90 Å². The first-order valence-corrected chi connectivity index (χ1v) is 8.27. The molecule has 0 bridgehead atoms. The maximum absolute atomic E-state index is 11.4. The molecule has 2 rings (SSSR count). The molecule has 0 spiro atoms. The van der Waals surface area contributed by atoms with Crippen LogP contribution in [-0.4, -0.2) is 21.9 Å². The smallest absolute Gasteiger partial charge is 0.352 e. The second-order valence-corrected chi connectivity index (χ2v) is 6.49. The van der Waals surface area contributed by atoms with Gasteiger partial charge in [0, 0.05) is 17.6 Å². The molecule has 0 saturated heterocycles. The zero-order valence-corrected chi connectivity index (χ0v) is 13.5. The quantitative estimate of drug-likeness (QED) is 0.815. The fourth-order valence-electron chi connectivity index (χ4n) is 2.39. The number of carbonyl (C=O) groups is 1. The Hall–Kier alpha value is -1.68. The zero-order chi connectivity index (χ0) is 15.4. The molecule has 0 fully saturated rings. The van der Waals surface area contributed by atoms with Gasteiger partial charge < -0.3 is 9.67 Å². The monoisotopic (exact) mass is 303 g/mol. The summed E-state index contributed by atoms with van der Waals surface area (Å²) >= 11 is 1.70. The summed E-state index contributed by atoms with van der Waals surface area (Å²) in [5.41, 5.74) is 2.56. The summed E-state index contributed by atoms with van der Waals surface area (Å²) in [7, 11) is 0. The topological polar surface area (TPSA) is 42.2 Å². The SMILES string of the molecule is CSc1ccc(Cn2cc(CC(C)C)cc2C(=O)O)cc1. The number of aromatic carboxylic acids is 1. The van der Waals surface area contributed by atoms with Crippen molar-refractivity contribution in [2.45, 2.75) is 31.7 Å². The number of thioether (sulfide) groups is 1. The van der Waals surface area contributed by atoms with Crippen molar-refractivity contribution in [3.8, 4) is 0 Å². The van der Waals surface area contributed by atoms with Gasteiger partial charge in [-0.25, -0.2) is 4.79 Å². The lowest BCUT2D eigenvalue weighted by molar-refractivity contribution is 0.0685. The summed E-state index contributed by atoms with van der Waals surface area (Å²) in [4.78, 5) is 12.6. The normalized spacial score (nSPS) is 11.0. The van der Waals surface area contributed by atoms with Crippen LogP contribution in [0.3, 0.4) is 0 Å². The predicted molar refractivity (Wildman–Crippen MR) is 87.3 cm³/mol. The molecule has 1 aromatic carbocycles. The molecule has 0 unspecified atom stereocenters. The van der Waals surface area contributed by atoms with E-state index in [-0.39, 0.29) is 0 Å². The molecule has 2 aromatic rings. The highest BCUT2D eigenvalue weighted by Crippen LogP contribution is 2.18. The lowest BCUT2D eigenvalue weighted by Gasteiger charge is -2.07. The number of benzene rings is 1. The fraction of sp³-hybridized carbons (Fsp3) is 0.353. The Morgan fingerprint density at radius 3 is 2.43 bits per heavy atom.